The van der Waals surface area contributed by atoms with Gasteiger partial charge in [-0.1, -0.05) is 24.3 Å². The van der Waals surface area contributed by atoms with Crippen molar-refractivity contribution in [2.24, 2.45) is 0 Å². The fourth-order valence-electron chi connectivity index (χ4n) is 2.33. The monoisotopic (exact) mass is 390 g/mol. The van der Waals surface area contributed by atoms with E-state index in [4.69, 9.17) is 4.74 Å². The lowest BCUT2D eigenvalue weighted by Crippen LogP contribution is -2.30. The SMILES string of the molecule is Cc1ccc(C)c(NC(=O)[C@@H](C)OC(=O)c2ccccc2NS(C)(=O)=O)c1. The van der Waals surface area contributed by atoms with Crippen LogP contribution in [-0.4, -0.2) is 32.7 Å². The van der Waals surface area contributed by atoms with Crippen molar-refractivity contribution in [3.63, 3.8) is 0 Å². The van der Waals surface area contributed by atoms with E-state index in [1.165, 1.54) is 19.1 Å². The molecule has 1 atom stereocenters. The smallest absolute Gasteiger partial charge is 0.341 e. The number of nitrogens with one attached hydrogen (secondary N) is 2. The van der Waals surface area contributed by atoms with Crippen LogP contribution in [0, 0.1) is 13.8 Å². The zero-order chi connectivity index (χ0) is 20.2. The van der Waals surface area contributed by atoms with E-state index in [9.17, 15) is 18.0 Å². The van der Waals surface area contributed by atoms with Crippen molar-refractivity contribution in [1.29, 1.82) is 0 Å². The van der Waals surface area contributed by atoms with Crippen LogP contribution in [0.1, 0.15) is 28.4 Å². The molecule has 144 valence electrons. The molecule has 0 heterocycles. The Morgan fingerprint density at radius 3 is 2.37 bits per heavy atom. The van der Waals surface area contributed by atoms with Gasteiger partial charge in [0.05, 0.1) is 17.5 Å². The Kier molecular flexibility index (Phi) is 6.22. The molecule has 0 fully saturated rings. The summed E-state index contributed by atoms with van der Waals surface area (Å²) < 4.78 is 30.3. The third-order valence-corrected chi connectivity index (χ3v) is 4.34. The van der Waals surface area contributed by atoms with Gasteiger partial charge in [-0.2, -0.15) is 0 Å². The van der Waals surface area contributed by atoms with Gasteiger partial charge < -0.3 is 10.1 Å². The van der Waals surface area contributed by atoms with Crippen molar-refractivity contribution in [2.75, 3.05) is 16.3 Å². The molecule has 0 saturated carbocycles. The first kappa shape index (κ1) is 20.4. The van der Waals surface area contributed by atoms with Gasteiger partial charge in [0.2, 0.25) is 10.0 Å². The third-order valence-electron chi connectivity index (χ3n) is 3.75. The number of hydrogen-bond donors (Lipinski definition) is 2. The molecule has 2 rings (SSSR count). The molecule has 2 aromatic carbocycles. The molecule has 7 nitrogen and oxygen atoms in total. The molecule has 27 heavy (non-hydrogen) atoms. The number of para-hydroxylation sites is 1. The number of amides is 1. The van der Waals surface area contributed by atoms with E-state index in [0.717, 1.165) is 17.4 Å². The van der Waals surface area contributed by atoms with Gasteiger partial charge in [0, 0.05) is 5.69 Å². The van der Waals surface area contributed by atoms with Crippen LogP contribution in [0.2, 0.25) is 0 Å². The predicted octanol–water partition coefficient (Wildman–Crippen LogP) is 2.86. The van der Waals surface area contributed by atoms with Crippen molar-refractivity contribution >= 4 is 33.3 Å². The topological polar surface area (TPSA) is 102 Å². The number of rotatable bonds is 6. The third kappa shape index (κ3) is 5.82. The number of aryl methyl sites for hydroxylation is 2. The first-order chi connectivity index (χ1) is 12.6. The van der Waals surface area contributed by atoms with Gasteiger partial charge in [0.1, 0.15) is 0 Å². The number of hydrogen-bond acceptors (Lipinski definition) is 5. The first-order valence-electron chi connectivity index (χ1n) is 8.23. The van der Waals surface area contributed by atoms with E-state index < -0.39 is 28.0 Å². The second kappa shape index (κ2) is 8.22. The zero-order valence-electron chi connectivity index (χ0n) is 15.6. The number of ether oxygens (including phenoxy) is 1. The molecule has 0 bridgehead atoms. The molecule has 0 aliphatic carbocycles. The van der Waals surface area contributed by atoms with Crippen LogP contribution in [0.5, 0.6) is 0 Å². The van der Waals surface area contributed by atoms with E-state index in [0.29, 0.717) is 5.69 Å². The van der Waals surface area contributed by atoms with Gasteiger partial charge in [0.15, 0.2) is 6.10 Å². The van der Waals surface area contributed by atoms with Crippen LogP contribution in [-0.2, 0) is 19.6 Å². The molecule has 2 N–H and O–H groups in total. The average molecular weight is 390 g/mol. The van der Waals surface area contributed by atoms with Crippen LogP contribution < -0.4 is 10.0 Å². The number of sulfonamides is 1. The molecule has 0 saturated heterocycles. The Bertz CT molecular complexity index is 970. The minimum absolute atomic E-state index is 0.0225. The van der Waals surface area contributed by atoms with Gasteiger partial charge in [-0.3, -0.25) is 9.52 Å². The van der Waals surface area contributed by atoms with E-state index in [1.54, 1.807) is 12.1 Å². The summed E-state index contributed by atoms with van der Waals surface area (Å²) in [5.41, 5.74) is 2.62. The maximum Gasteiger partial charge on any atom is 0.341 e. The molecule has 0 aliphatic rings. The van der Waals surface area contributed by atoms with Crippen LogP contribution in [0.15, 0.2) is 42.5 Å². The second-order valence-electron chi connectivity index (χ2n) is 6.27. The van der Waals surface area contributed by atoms with Gasteiger partial charge >= 0.3 is 5.97 Å². The summed E-state index contributed by atoms with van der Waals surface area (Å²) in [6.45, 7) is 5.22. The number of carbonyl (C=O) groups is 2. The van der Waals surface area contributed by atoms with E-state index >= 15 is 0 Å². The maximum absolute atomic E-state index is 12.4. The van der Waals surface area contributed by atoms with Crippen molar-refractivity contribution in [1.82, 2.24) is 0 Å². The quantitative estimate of drug-likeness (QED) is 0.739. The lowest BCUT2D eigenvalue weighted by atomic mass is 10.1. The Balaban J connectivity index is 2.11. The highest BCUT2D eigenvalue weighted by molar-refractivity contribution is 7.92. The van der Waals surface area contributed by atoms with Gasteiger partial charge in [-0.15, -0.1) is 0 Å². The molecule has 8 heteroatoms. The molecule has 0 aromatic heterocycles. The lowest BCUT2D eigenvalue weighted by Gasteiger charge is -2.16. The molecule has 1 amide bonds. The van der Waals surface area contributed by atoms with Crippen molar-refractivity contribution in [3.05, 3.63) is 59.2 Å². The Hall–Kier alpha value is -2.87. The molecule has 2 aromatic rings. The average Bonchev–Trinajstić information content (AvgIpc) is 2.57. The molecule has 0 unspecified atom stereocenters. The largest absolute Gasteiger partial charge is 0.449 e. The van der Waals surface area contributed by atoms with Crippen LogP contribution >= 0.6 is 0 Å². The van der Waals surface area contributed by atoms with E-state index in [2.05, 4.69) is 10.0 Å². The van der Waals surface area contributed by atoms with Crippen molar-refractivity contribution < 1.29 is 22.7 Å². The molecule has 0 spiro atoms. The van der Waals surface area contributed by atoms with Crippen molar-refractivity contribution in [3.8, 4) is 0 Å². The predicted molar refractivity (Wildman–Crippen MR) is 104 cm³/mol. The van der Waals surface area contributed by atoms with Gasteiger partial charge in [-0.05, 0) is 50.1 Å². The summed E-state index contributed by atoms with van der Waals surface area (Å²) in [6.07, 6.45) is -0.0845. The normalized spacial score (nSPS) is 12.1. The summed E-state index contributed by atoms with van der Waals surface area (Å²) in [4.78, 5) is 24.8. The standard InChI is InChI=1S/C19H22N2O5S/c1-12-9-10-13(2)17(11-12)20-18(22)14(3)26-19(23)15-7-5-6-8-16(15)21-27(4,24)25/h5-11,14,21H,1-4H3,(H,20,22)/t14-/m1/s1. The fraction of sp³-hybridized carbons (Fsp3) is 0.263. The van der Waals surface area contributed by atoms with Crippen molar-refractivity contribution in [2.45, 2.75) is 26.9 Å². The number of esters is 1. The van der Waals surface area contributed by atoms with Crippen LogP contribution in [0.4, 0.5) is 11.4 Å². The zero-order valence-corrected chi connectivity index (χ0v) is 16.4. The van der Waals surface area contributed by atoms with Crippen LogP contribution in [0.3, 0.4) is 0 Å². The van der Waals surface area contributed by atoms with E-state index in [-0.39, 0.29) is 11.3 Å². The summed E-state index contributed by atoms with van der Waals surface area (Å²) in [5, 5.41) is 2.73. The van der Waals surface area contributed by atoms with Gasteiger partial charge in [0.25, 0.3) is 5.91 Å². The highest BCUT2D eigenvalue weighted by Crippen LogP contribution is 2.19. The minimum Gasteiger partial charge on any atom is -0.449 e. The summed E-state index contributed by atoms with van der Waals surface area (Å²) >= 11 is 0. The highest BCUT2D eigenvalue weighted by Gasteiger charge is 2.22. The lowest BCUT2D eigenvalue weighted by molar-refractivity contribution is -0.123. The Morgan fingerprint density at radius 1 is 1.04 bits per heavy atom. The Labute approximate surface area is 158 Å². The van der Waals surface area contributed by atoms with E-state index in [1.807, 2.05) is 32.0 Å². The summed E-state index contributed by atoms with van der Waals surface area (Å²) in [7, 11) is -3.56. The molecule has 0 radical (unpaired) electrons. The number of anilines is 2. The summed E-state index contributed by atoms with van der Waals surface area (Å²) in [6, 6.07) is 11.7. The molecule has 0 aliphatic heterocycles. The highest BCUT2D eigenvalue weighted by atomic mass is 32.2. The minimum atomic E-state index is -3.56. The van der Waals surface area contributed by atoms with Gasteiger partial charge in [-0.25, -0.2) is 13.2 Å². The first-order valence-corrected chi connectivity index (χ1v) is 10.1. The summed E-state index contributed by atoms with van der Waals surface area (Å²) in [5.74, 6) is -1.28. The van der Waals surface area contributed by atoms with Crippen LogP contribution in [0.25, 0.3) is 0 Å². The molecular weight excluding hydrogens is 368 g/mol. The fourth-order valence-corrected chi connectivity index (χ4v) is 2.91. The second-order valence-corrected chi connectivity index (χ2v) is 8.02. The Morgan fingerprint density at radius 2 is 1.70 bits per heavy atom. The maximum atomic E-state index is 12.4. The molecular formula is C19H22N2O5S. The number of carbonyl (C=O) groups excluding carboxylic acids is 2. The number of benzene rings is 2.